The van der Waals surface area contributed by atoms with E-state index in [4.69, 9.17) is 16.3 Å². The van der Waals surface area contributed by atoms with Crippen molar-refractivity contribution in [3.05, 3.63) is 76.3 Å². The van der Waals surface area contributed by atoms with Gasteiger partial charge in [-0.15, -0.1) is 0 Å². The average molecular weight is 374 g/mol. The molecule has 0 spiro atoms. The molecule has 1 amide bonds. The number of methoxy groups -OCH3 is 1. The Morgan fingerprint density at radius 3 is 2.65 bits per heavy atom. The first-order chi connectivity index (χ1) is 12.6. The Morgan fingerprint density at radius 1 is 1.15 bits per heavy atom. The Balaban J connectivity index is 1.74. The highest BCUT2D eigenvalue weighted by atomic mass is 35.5. The second-order valence-corrected chi connectivity index (χ2v) is 5.82. The Morgan fingerprint density at radius 2 is 1.92 bits per heavy atom. The lowest BCUT2D eigenvalue weighted by Gasteiger charge is -2.06. The standard InChI is InChI=1S/C20H20ClNO4/c1-25-19(23)17-13-15(10-11-18(17)21)7-5-6-12-22-20(24)26-14-16-8-3-2-4-9-16/h2-5,7-11,13H,6,12,14H2,1H3,(H,22,24). The van der Waals surface area contributed by atoms with E-state index in [0.29, 0.717) is 23.6 Å². The highest BCUT2D eigenvalue weighted by Crippen LogP contribution is 2.19. The summed E-state index contributed by atoms with van der Waals surface area (Å²) in [7, 11) is 1.31. The third kappa shape index (κ3) is 6.26. The summed E-state index contributed by atoms with van der Waals surface area (Å²) in [6.07, 6.45) is 3.90. The number of carbonyl (C=O) groups excluding carboxylic acids is 2. The molecule has 26 heavy (non-hydrogen) atoms. The van der Waals surface area contributed by atoms with Gasteiger partial charge in [0.2, 0.25) is 0 Å². The number of esters is 1. The minimum absolute atomic E-state index is 0.240. The van der Waals surface area contributed by atoms with Gasteiger partial charge in [0.1, 0.15) is 6.61 Å². The lowest BCUT2D eigenvalue weighted by molar-refractivity contribution is 0.0601. The molecule has 0 heterocycles. The molecular weight excluding hydrogens is 354 g/mol. The van der Waals surface area contributed by atoms with Crippen LogP contribution in [0.3, 0.4) is 0 Å². The number of amides is 1. The molecule has 6 heteroatoms. The van der Waals surface area contributed by atoms with Crippen LogP contribution < -0.4 is 5.32 Å². The van der Waals surface area contributed by atoms with Crippen molar-refractivity contribution in [2.24, 2.45) is 0 Å². The maximum absolute atomic E-state index is 11.6. The zero-order chi connectivity index (χ0) is 18.8. The second kappa shape index (κ2) is 10.3. The Labute approximate surface area is 157 Å². The summed E-state index contributed by atoms with van der Waals surface area (Å²) in [6, 6.07) is 14.6. The van der Waals surface area contributed by atoms with Crippen molar-refractivity contribution in [2.75, 3.05) is 13.7 Å². The van der Waals surface area contributed by atoms with E-state index in [1.165, 1.54) is 7.11 Å². The molecule has 0 radical (unpaired) electrons. The number of hydrogen-bond donors (Lipinski definition) is 1. The summed E-state index contributed by atoms with van der Waals surface area (Å²) >= 11 is 5.98. The summed E-state index contributed by atoms with van der Waals surface area (Å²) in [4.78, 5) is 23.2. The van der Waals surface area contributed by atoms with Gasteiger partial charge in [-0.1, -0.05) is 60.2 Å². The number of rotatable bonds is 7. The Hall–Kier alpha value is -2.79. The van der Waals surface area contributed by atoms with Crippen molar-refractivity contribution >= 4 is 29.7 Å². The quantitative estimate of drug-likeness (QED) is 0.575. The third-order valence-corrected chi connectivity index (χ3v) is 3.83. The summed E-state index contributed by atoms with van der Waals surface area (Å²) in [6.45, 7) is 0.686. The summed E-state index contributed by atoms with van der Waals surface area (Å²) in [5.74, 6) is -0.479. The molecule has 1 N–H and O–H groups in total. The molecule has 0 aliphatic carbocycles. The first-order valence-corrected chi connectivity index (χ1v) is 8.47. The van der Waals surface area contributed by atoms with Crippen molar-refractivity contribution in [1.82, 2.24) is 5.32 Å². The van der Waals surface area contributed by atoms with Gasteiger partial charge in [-0.05, 0) is 29.7 Å². The van der Waals surface area contributed by atoms with Gasteiger partial charge in [0.05, 0.1) is 17.7 Å². The van der Waals surface area contributed by atoms with Gasteiger partial charge in [-0.3, -0.25) is 0 Å². The monoisotopic (exact) mass is 373 g/mol. The molecule has 2 rings (SSSR count). The maximum Gasteiger partial charge on any atom is 0.407 e. The van der Waals surface area contributed by atoms with Gasteiger partial charge in [0, 0.05) is 6.54 Å². The number of alkyl carbamates (subject to hydrolysis) is 1. The lowest BCUT2D eigenvalue weighted by Crippen LogP contribution is -2.24. The number of hydrogen-bond acceptors (Lipinski definition) is 4. The van der Waals surface area contributed by atoms with Crippen LogP contribution in [0.4, 0.5) is 4.79 Å². The minimum atomic E-state index is -0.479. The predicted octanol–water partition coefficient (Wildman–Crippen LogP) is 4.46. The first kappa shape index (κ1) is 19.5. The van der Waals surface area contributed by atoms with Crippen LogP contribution >= 0.6 is 11.6 Å². The average Bonchev–Trinajstić information content (AvgIpc) is 2.67. The van der Waals surface area contributed by atoms with Crippen molar-refractivity contribution < 1.29 is 19.1 Å². The Kier molecular flexibility index (Phi) is 7.71. The molecule has 0 bridgehead atoms. The van der Waals surface area contributed by atoms with Gasteiger partial charge in [-0.2, -0.15) is 0 Å². The molecular formula is C20H20ClNO4. The zero-order valence-electron chi connectivity index (χ0n) is 14.4. The van der Waals surface area contributed by atoms with E-state index in [0.717, 1.165) is 11.1 Å². The number of benzene rings is 2. The van der Waals surface area contributed by atoms with Crippen LogP contribution in [-0.2, 0) is 16.1 Å². The SMILES string of the molecule is COC(=O)c1cc(C=CCCNC(=O)OCc2ccccc2)ccc1Cl. The first-order valence-electron chi connectivity index (χ1n) is 8.09. The molecule has 2 aromatic rings. The summed E-state index contributed by atoms with van der Waals surface area (Å²) < 4.78 is 9.81. The molecule has 2 aromatic carbocycles. The largest absolute Gasteiger partial charge is 0.465 e. The zero-order valence-corrected chi connectivity index (χ0v) is 15.2. The minimum Gasteiger partial charge on any atom is -0.465 e. The van der Waals surface area contributed by atoms with Crippen LogP contribution in [0.2, 0.25) is 5.02 Å². The van der Waals surface area contributed by atoms with Gasteiger partial charge in [-0.25, -0.2) is 9.59 Å². The van der Waals surface area contributed by atoms with Crippen molar-refractivity contribution in [1.29, 1.82) is 0 Å². The number of halogens is 1. The van der Waals surface area contributed by atoms with Gasteiger partial charge in [0.25, 0.3) is 0 Å². The van der Waals surface area contributed by atoms with Crippen molar-refractivity contribution in [3.63, 3.8) is 0 Å². The molecule has 136 valence electrons. The molecule has 0 fully saturated rings. The molecule has 0 atom stereocenters. The molecule has 5 nitrogen and oxygen atoms in total. The topological polar surface area (TPSA) is 64.6 Å². The molecule has 0 aliphatic rings. The van der Waals surface area contributed by atoms with Crippen molar-refractivity contribution in [2.45, 2.75) is 13.0 Å². The van der Waals surface area contributed by atoms with Crippen molar-refractivity contribution in [3.8, 4) is 0 Å². The number of ether oxygens (including phenoxy) is 2. The normalized spacial score (nSPS) is 10.5. The Bertz CT molecular complexity index is 775. The van der Waals surface area contributed by atoms with Crippen LogP contribution in [0.15, 0.2) is 54.6 Å². The van der Waals surface area contributed by atoms with E-state index in [1.54, 1.807) is 18.2 Å². The van der Waals surface area contributed by atoms with E-state index in [1.807, 2.05) is 42.5 Å². The molecule has 0 aromatic heterocycles. The fourth-order valence-electron chi connectivity index (χ4n) is 2.16. The van der Waals surface area contributed by atoms with Crippen LogP contribution in [0.1, 0.15) is 27.9 Å². The van der Waals surface area contributed by atoms with E-state index < -0.39 is 12.1 Å². The van der Waals surface area contributed by atoms with Crippen LogP contribution in [0.25, 0.3) is 6.08 Å². The number of carbonyl (C=O) groups is 2. The fourth-order valence-corrected chi connectivity index (χ4v) is 2.36. The van der Waals surface area contributed by atoms with Gasteiger partial charge in [0.15, 0.2) is 0 Å². The van der Waals surface area contributed by atoms with Gasteiger partial charge >= 0.3 is 12.1 Å². The van der Waals surface area contributed by atoms with Crippen LogP contribution in [0.5, 0.6) is 0 Å². The second-order valence-electron chi connectivity index (χ2n) is 5.41. The molecule has 0 unspecified atom stereocenters. The predicted molar refractivity (Wildman–Crippen MR) is 101 cm³/mol. The molecule has 0 aliphatic heterocycles. The van der Waals surface area contributed by atoms with E-state index in [-0.39, 0.29) is 6.61 Å². The number of nitrogens with one attached hydrogen (secondary N) is 1. The van der Waals surface area contributed by atoms with E-state index in [2.05, 4.69) is 10.1 Å². The smallest absolute Gasteiger partial charge is 0.407 e. The maximum atomic E-state index is 11.6. The van der Waals surface area contributed by atoms with Crippen LogP contribution in [0, 0.1) is 0 Å². The third-order valence-electron chi connectivity index (χ3n) is 3.50. The lowest BCUT2D eigenvalue weighted by atomic mass is 10.1. The van der Waals surface area contributed by atoms with Gasteiger partial charge < -0.3 is 14.8 Å². The van der Waals surface area contributed by atoms with E-state index >= 15 is 0 Å². The highest BCUT2D eigenvalue weighted by molar-refractivity contribution is 6.33. The summed E-state index contributed by atoms with van der Waals surface area (Å²) in [5, 5.41) is 3.02. The fraction of sp³-hybridized carbons (Fsp3) is 0.200. The highest BCUT2D eigenvalue weighted by Gasteiger charge is 2.10. The van der Waals surface area contributed by atoms with Crippen LogP contribution in [-0.4, -0.2) is 25.7 Å². The van der Waals surface area contributed by atoms with E-state index in [9.17, 15) is 9.59 Å². The summed E-state index contributed by atoms with van der Waals surface area (Å²) in [5.41, 5.74) is 2.08. The molecule has 0 saturated heterocycles. The molecule has 0 saturated carbocycles.